The SMILES string of the molecule is Cc1ccc(C(Br)c2ccc3c(c2)CC(C)(C)O3)c(Br)c1. The number of fused-ring (bicyclic) bond motifs is 1. The molecule has 1 aliphatic rings. The van der Waals surface area contributed by atoms with Gasteiger partial charge in [0.15, 0.2) is 0 Å². The van der Waals surface area contributed by atoms with Crippen molar-refractivity contribution in [1.29, 1.82) is 0 Å². The van der Waals surface area contributed by atoms with Crippen molar-refractivity contribution in [1.82, 2.24) is 0 Å². The van der Waals surface area contributed by atoms with Crippen LogP contribution in [0.2, 0.25) is 0 Å². The van der Waals surface area contributed by atoms with Crippen molar-refractivity contribution in [3.05, 3.63) is 63.1 Å². The van der Waals surface area contributed by atoms with E-state index in [0.29, 0.717) is 0 Å². The van der Waals surface area contributed by atoms with E-state index in [9.17, 15) is 0 Å². The van der Waals surface area contributed by atoms with Gasteiger partial charge in [-0.05, 0) is 55.2 Å². The van der Waals surface area contributed by atoms with Gasteiger partial charge < -0.3 is 4.74 Å². The summed E-state index contributed by atoms with van der Waals surface area (Å²) in [6.45, 7) is 6.37. The van der Waals surface area contributed by atoms with Gasteiger partial charge in [0.1, 0.15) is 11.4 Å². The lowest BCUT2D eigenvalue weighted by molar-refractivity contribution is 0.138. The maximum atomic E-state index is 5.95. The van der Waals surface area contributed by atoms with Crippen LogP contribution in [0.3, 0.4) is 0 Å². The highest BCUT2D eigenvalue weighted by Gasteiger charge is 2.30. The second-order valence-corrected chi connectivity index (χ2v) is 8.06. The van der Waals surface area contributed by atoms with E-state index in [4.69, 9.17) is 4.74 Å². The largest absolute Gasteiger partial charge is 0.487 e. The maximum absolute atomic E-state index is 5.95. The molecule has 1 heterocycles. The van der Waals surface area contributed by atoms with E-state index in [1.807, 2.05) is 0 Å². The summed E-state index contributed by atoms with van der Waals surface area (Å²) in [5, 5.41) is 0. The summed E-state index contributed by atoms with van der Waals surface area (Å²) in [6.07, 6.45) is 0.963. The molecule has 1 unspecified atom stereocenters. The second-order valence-electron chi connectivity index (χ2n) is 6.29. The van der Waals surface area contributed by atoms with Gasteiger partial charge in [-0.1, -0.05) is 56.1 Å². The van der Waals surface area contributed by atoms with Crippen molar-refractivity contribution in [2.45, 2.75) is 37.6 Å². The van der Waals surface area contributed by atoms with E-state index in [1.54, 1.807) is 0 Å². The fourth-order valence-corrected chi connectivity index (χ4v) is 4.52. The van der Waals surface area contributed by atoms with Gasteiger partial charge in [-0.2, -0.15) is 0 Å². The minimum absolute atomic E-state index is 0.0901. The molecule has 0 saturated carbocycles. The van der Waals surface area contributed by atoms with Gasteiger partial charge in [0.2, 0.25) is 0 Å². The molecule has 2 aromatic rings. The number of ether oxygens (including phenoxy) is 1. The molecule has 0 radical (unpaired) electrons. The van der Waals surface area contributed by atoms with E-state index in [0.717, 1.165) is 16.6 Å². The predicted molar refractivity (Wildman–Crippen MR) is 94.5 cm³/mol. The van der Waals surface area contributed by atoms with Crippen molar-refractivity contribution < 1.29 is 4.74 Å². The van der Waals surface area contributed by atoms with Gasteiger partial charge in [-0.25, -0.2) is 0 Å². The molecule has 0 fully saturated rings. The van der Waals surface area contributed by atoms with Crippen LogP contribution in [-0.2, 0) is 6.42 Å². The van der Waals surface area contributed by atoms with Crippen molar-refractivity contribution >= 4 is 31.9 Å². The summed E-state index contributed by atoms with van der Waals surface area (Å²) in [7, 11) is 0. The zero-order valence-corrected chi connectivity index (χ0v) is 15.6. The molecule has 0 spiro atoms. The van der Waals surface area contributed by atoms with E-state index >= 15 is 0 Å². The Bertz CT molecular complexity index is 692. The van der Waals surface area contributed by atoms with Gasteiger partial charge in [0, 0.05) is 10.9 Å². The number of rotatable bonds is 2. The first-order valence-electron chi connectivity index (χ1n) is 7.08. The smallest absolute Gasteiger partial charge is 0.123 e. The lowest BCUT2D eigenvalue weighted by Gasteiger charge is -2.16. The van der Waals surface area contributed by atoms with Crippen LogP contribution in [0.5, 0.6) is 5.75 Å². The van der Waals surface area contributed by atoms with Gasteiger partial charge in [-0.15, -0.1) is 0 Å². The topological polar surface area (TPSA) is 9.23 Å². The number of hydrogen-bond acceptors (Lipinski definition) is 1. The molecule has 110 valence electrons. The molecule has 0 bridgehead atoms. The molecule has 0 amide bonds. The Morgan fingerprint density at radius 3 is 2.62 bits per heavy atom. The zero-order chi connectivity index (χ0) is 15.2. The predicted octanol–water partition coefficient (Wildman–Crippen LogP) is 5.96. The van der Waals surface area contributed by atoms with Crippen molar-refractivity contribution in [2.75, 3.05) is 0 Å². The fraction of sp³-hybridized carbons (Fsp3) is 0.333. The Hall–Kier alpha value is -0.800. The molecule has 0 aliphatic carbocycles. The lowest BCUT2D eigenvalue weighted by atomic mass is 9.97. The van der Waals surface area contributed by atoms with Crippen LogP contribution in [0.15, 0.2) is 40.9 Å². The summed E-state index contributed by atoms with van der Waals surface area (Å²) in [4.78, 5) is 0.182. The van der Waals surface area contributed by atoms with E-state index < -0.39 is 0 Å². The van der Waals surface area contributed by atoms with E-state index in [-0.39, 0.29) is 10.4 Å². The molecule has 0 saturated heterocycles. The lowest BCUT2D eigenvalue weighted by Crippen LogP contribution is -2.24. The molecule has 1 atom stereocenters. The molecule has 2 aromatic carbocycles. The minimum Gasteiger partial charge on any atom is -0.487 e. The highest BCUT2D eigenvalue weighted by molar-refractivity contribution is 9.11. The second kappa shape index (κ2) is 5.44. The average Bonchev–Trinajstić information content (AvgIpc) is 2.70. The van der Waals surface area contributed by atoms with Crippen LogP contribution in [0.4, 0.5) is 0 Å². The van der Waals surface area contributed by atoms with E-state index in [1.165, 1.54) is 22.3 Å². The van der Waals surface area contributed by atoms with Crippen LogP contribution < -0.4 is 4.74 Å². The molecule has 21 heavy (non-hydrogen) atoms. The van der Waals surface area contributed by atoms with Crippen LogP contribution in [-0.4, -0.2) is 5.60 Å². The first kappa shape index (κ1) is 15.1. The molecule has 0 aromatic heterocycles. The summed E-state index contributed by atoms with van der Waals surface area (Å²) >= 11 is 7.51. The monoisotopic (exact) mass is 408 g/mol. The summed E-state index contributed by atoms with van der Waals surface area (Å²) in [6, 6.07) is 13.0. The Labute approximate surface area is 143 Å². The van der Waals surface area contributed by atoms with Gasteiger partial charge >= 0.3 is 0 Å². The van der Waals surface area contributed by atoms with Crippen molar-refractivity contribution in [3.63, 3.8) is 0 Å². The third-order valence-corrected chi connectivity index (χ3v) is 5.52. The number of alkyl halides is 1. The molecule has 3 rings (SSSR count). The molecular formula is C18H18Br2O. The first-order valence-corrected chi connectivity index (χ1v) is 8.78. The number of hydrogen-bond donors (Lipinski definition) is 0. The Morgan fingerprint density at radius 1 is 1.14 bits per heavy atom. The normalized spacial score (nSPS) is 17.2. The Morgan fingerprint density at radius 2 is 1.90 bits per heavy atom. The molecular weight excluding hydrogens is 392 g/mol. The number of benzene rings is 2. The molecule has 0 N–H and O–H groups in total. The third kappa shape index (κ3) is 3.04. The van der Waals surface area contributed by atoms with Gasteiger partial charge in [0.05, 0.1) is 4.83 Å². The summed E-state index contributed by atoms with van der Waals surface area (Å²) in [5.74, 6) is 1.02. The van der Waals surface area contributed by atoms with Gasteiger partial charge in [-0.3, -0.25) is 0 Å². The Kier molecular flexibility index (Phi) is 3.91. The standard InChI is InChI=1S/C18H18Br2O/c1-11-4-6-14(15(19)8-11)17(20)12-5-7-16-13(9-12)10-18(2,3)21-16/h4-9,17H,10H2,1-3H3. The zero-order valence-electron chi connectivity index (χ0n) is 12.4. The summed E-state index contributed by atoms with van der Waals surface area (Å²) < 4.78 is 7.09. The summed E-state index contributed by atoms with van der Waals surface area (Å²) in [5.41, 5.74) is 4.98. The third-order valence-electron chi connectivity index (χ3n) is 3.81. The number of aryl methyl sites for hydroxylation is 1. The number of halogens is 2. The highest BCUT2D eigenvalue weighted by atomic mass is 79.9. The molecule has 3 heteroatoms. The molecule has 1 aliphatic heterocycles. The van der Waals surface area contributed by atoms with Gasteiger partial charge in [0.25, 0.3) is 0 Å². The van der Waals surface area contributed by atoms with Crippen LogP contribution in [0, 0.1) is 6.92 Å². The first-order chi connectivity index (χ1) is 9.85. The highest BCUT2D eigenvalue weighted by Crippen LogP contribution is 2.40. The van der Waals surface area contributed by atoms with Crippen molar-refractivity contribution in [2.24, 2.45) is 0 Å². The Balaban J connectivity index is 1.95. The fourth-order valence-electron chi connectivity index (χ4n) is 2.80. The van der Waals surface area contributed by atoms with Crippen LogP contribution in [0.25, 0.3) is 0 Å². The van der Waals surface area contributed by atoms with Crippen LogP contribution in [0.1, 0.15) is 40.9 Å². The van der Waals surface area contributed by atoms with E-state index in [2.05, 4.69) is 89.0 Å². The average molecular weight is 410 g/mol. The quantitative estimate of drug-likeness (QED) is 0.556. The maximum Gasteiger partial charge on any atom is 0.123 e. The molecule has 1 nitrogen and oxygen atoms in total. The van der Waals surface area contributed by atoms with Crippen LogP contribution >= 0.6 is 31.9 Å². The van der Waals surface area contributed by atoms with Crippen molar-refractivity contribution in [3.8, 4) is 5.75 Å². The minimum atomic E-state index is -0.0901.